The van der Waals surface area contributed by atoms with Gasteiger partial charge in [0, 0.05) is 33.6 Å². The maximum atomic E-state index is 7.74. The molecule has 0 radical (unpaired) electrons. The van der Waals surface area contributed by atoms with E-state index in [0.717, 1.165) is 77.6 Å². The van der Waals surface area contributed by atoms with Gasteiger partial charge in [-0.15, -0.1) is 0 Å². The first kappa shape index (κ1) is 23.9. The van der Waals surface area contributed by atoms with Crippen molar-refractivity contribution >= 4 is 67.2 Å². The molecule has 1 atom stereocenters. The molecule has 0 spiro atoms. The van der Waals surface area contributed by atoms with Crippen LogP contribution in [0.2, 0.25) is 0 Å². The van der Waals surface area contributed by atoms with Gasteiger partial charge in [-0.05, 0) is 59.2 Å². The topological polar surface area (TPSA) is 65.4 Å². The summed E-state index contributed by atoms with van der Waals surface area (Å²) in [5, 5.41) is 15.7. The largest absolute Gasteiger partial charge is 0.455 e. The first-order valence-electron chi connectivity index (χ1n) is 14.4. The summed E-state index contributed by atoms with van der Waals surface area (Å²) in [6, 6.07) is 43.9. The summed E-state index contributed by atoms with van der Waals surface area (Å²) in [5.74, 6) is 0. The number of furan rings is 2. The molecule has 2 N–H and O–H groups in total. The van der Waals surface area contributed by atoms with E-state index in [0.29, 0.717) is 0 Å². The summed E-state index contributed by atoms with van der Waals surface area (Å²) in [6.45, 7) is 0. The third-order valence-corrected chi connectivity index (χ3v) is 8.56. The van der Waals surface area contributed by atoms with Crippen LogP contribution >= 0.6 is 0 Å². The lowest BCUT2D eigenvalue weighted by atomic mass is 9.98. The number of rotatable bonds is 4. The third-order valence-electron chi connectivity index (χ3n) is 8.56. The summed E-state index contributed by atoms with van der Waals surface area (Å²) < 4.78 is 12.9. The maximum absolute atomic E-state index is 7.74. The number of fused-ring (bicyclic) bond motifs is 8. The fourth-order valence-electron chi connectivity index (χ4n) is 6.56. The summed E-state index contributed by atoms with van der Waals surface area (Å²) in [6.07, 6.45) is 1.31. The van der Waals surface area contributed by atoms with Crippen molar-refractivity contribution in [2.45, 2.75) is 6.17 Å². The highest BCUT2D eigenvalue weighted by Crippen LogP contribution is 2.48. The standard InChI is InChI=1S/C38H25N3O2/c39-22-23-14-19-32-31(20-23)40-38(25-8-2-1-3-9-25)41(32)26-17-15-24(16-18-26)29-21-30-27-10-4-6-12-33(27)42-37(30)35-28-11-5-7-13-34(28)43-36(29)35/h1-22,38-40H. The van der Waals surface area contributed by atoms with Crippen molar-refractivity contribution in [2.75, 3.05) is 10.2 Å². The van der Waals surface area contributed by atoms with Crippen molar-refractivity contribution in [3.05, 3.63) is 139 Å². The van der Waals surface area contributed by atoms with E-state index in [1.165, 1.54) is 11.8 Å². The van der Waals surface area contributed by atoms with E-state index in [1.807, 2.05) is 48.5 Å². The molecule has 6 aromatic carbocycles. The summed E-state index contributed by atoms with van der Waals surface area (Å²) >= 11 is 0. The highest BCUT2D eigenvalue weighted by Gasteiger charge is 2.31. The fraction of sp³-hybridized carbons (Fsp3) is 0.0263. The third kappa shape index (κ3) is 3.55. The van der Waals surface area contributed by atoms with Crippen LogP contribution in [0.5, 0.6) is 0 Å². The van der Waals surface area contributed by atoms with E-state index in [-0.39, 0.29) is 6.17 Å². The molecule has 1 aliphatic heterocycles. The van der Waals surface area contributed by atoms with Crippen molar-refractivity contribution in [1.29, 1.82) is 5.41 Å². The van der Waals surface area contributed by atoms with Crippen molar-refractivity contribution in [1.82, 2.24) is 0 Å². The molecule has 3 heterocycles. The van der Waals surface area contributed by atoms with Crippen LogP contribution in [0.4, 0.5) is 17.1 Å². The molecule has 204 valence electrons. The van der Waals surface area contributed by atoms with Crippen LogP contribution in [0.25, 0.3) is 55.0 Å². The van der Waals surface area contributed by atoms with Crippen LogP contribution in [0.3, 0.4) is 0 Å². The SMILES string of the molecule is N=Cc1ccc2c(c1)NC(c1ccccc1)N2c1ccc(-c2cc3c4ccccc4oc3c3c2oc2ccccc23)cc1. The number of benzene rings is 6. The van der Waals surface area contributed by atoms with E-state index in [4.69, 9.17) is 14.2 Å². The highest BCUT2D eigenvalue weighted by molar-refractivity contribution is 6.25. The van der Waals surface area contributed by atoms with E-state index in [1.54, 1.807) is 0 Å². The molecule has 0 bridgehead atoms. The maximum Gasteiger partial charge on any atom is 0.147 e. The molecule has 1 unspecified atom stereocenters. The molecule has 2 aromatic heterocycles. The molecular formula is C38H25N3O2. The molecular weight excluding hydrogens is 530 g/mol. The molecule has 1 aliphatic rings. The number of anilines is 3. The lowest BCUT2D eigenvalue weighted by Gasteiger charge is -2.27. The van der Waals surface area contributed by atoms with E-state index in [9.17, 15) is 0 Å². The number of nitrogens with zero attached hydrogens (tertiary/aromatic N) is 1. The second-order valence-electron chi connectivity index (χ2n) is 11.0. The molecule has 0 saturated carbocycles. The van der Waals surface area contributed by atoms with Gasteiger partial charge in [-0.3, -0.25) is 0 Å². The van der Waals surface area contributed by atoms with Gasteiger partial charge < -0.3 is 24.5 Å². The van der Waals surface area contributed by atoms with Crippen molar-refractivity contribution in [3.8, 4) is 11.1 Å². The predicted molar refractivity (Wildman–Crippen MR) is 176 cm³/mol. The second-order valence-corrected chi connectivity index (χ2v) is 11.0. The van der Waals surface area contributed by atoms with Gasteiger partial charge in [-0.2, -0.15) is 0 Å². The predicted octanol–water partition coefficient (Wildman–Crippen LogP) is 10.4. The number of hydrogen-bond acceptors (Lipinski definition) is 5. The van der Waals surface area contributed by atoms with E-state index >= 15 is 0 Å². The van der Waals surface area contributed by atoms with Gasteiger partial charge in [-0.25, -0.2) is 0 Å². The zero-order valence-electron chi connectivity index (χ0n) is 23.0. The average Bonchev–Trinajstić information content (AvgIpc) is 3.76. The Labute approximate surface area is 247 Å². The molecule has 5 nitrogen and oxygen atoms in total. The van der Waals surface area contributed by atoms with Gasteiger partial charge >= 0.3 is 0 Å². The first-order chi connectivity index (χ1) is 21.3. The Balaban J connectivity index is 1.23. The van der Waals surface area contributed by atoms with Crippen molar-refractivity contribution in [2.24, 2.45) is 0 Å². The molecule has 9 rings (SSSR count). The van der Waals surface area contributed by atoms with Gasteiger partial charge in [0.1, 0.15) is 28.5 Å². The van der Waals surface area contributed by atoms with Crippen LogP contribution in [0.1, 0.15) is 17.3 Å². The Morgan fingerprint density at radius 1 is 0.651 bits per heavy atom. The van der Waals surface area contributed by atoms with Crippen LogP contribution in [-0.4, -0.2) is 6.21 Å². The normalized spacial score (nSPS) is 14.5. The summed E-state index contributed by atoms with van der Waals surface area (Å²) in [4.78, 5) is 2.33. The average molecular weight is 556 g/mol. The molecule has 0 amide bonds. The minimum Gasteiger partial charge on any atom is -0.455 e. The zero-order chi connectivity index (χ0) is 28.5. The van der Waals surface area contributed by atoms with Crippen LogP contribution in [-0.2, 0) is 0 Å². The number of para-hydroxylation sites is 2. The Bertz CT molecular complexity index is 2350. The molecule has 0 saturated heterocycles. The van der Waals surface area contributed by atoms with Crippen molar-refractivity contribution in [3.63, 3.8) is 0 Å². The minimum atomic E-state index is -0.0706. The van der Waals surface area contributed by atoms with E-state index < -0.39 is 0 Å². The van der Waals surface area contributed by atoms with Crippen LogP contribution in [0.15, 0.2) is 136 Å². The van der Waals surface area contributed by atoms with Crippen molar-refractivity contribution < 1.29 is 8.83 Å². The molecule has 43 heavy (non-hydrogen) atoms. The molecule has 0 fully saturated rings. The fourth-order valence-corrected chi connectivity index (χ4v) is 6.56. The van der Waals surface area contributed by atoms with Crippen LogP contribution < -0.4 is 10.2 Å². The number of hydrogen-bond donors (Lipinski definition) is 2. The highest BCUT2D eigenvalue weighted by atomic mass is 16.3. The minimum absolute atomic E-state index is 0.0706. The van der Waals surface area contributed by atoms with E-state index in [2.05, 4.69) is 89.1 Å². The van der Waals surface area contributed by atoms with Gasteiger partial charge in [0.2, 0.25) is 0 Å². The monoisotopic (exact) mass is 555 g/mol. The second kappa shape index (κ2) is 9.10. The Morgan fingerprint density at radius 3 is 2.14 bits per heavy atom. The quantitative estimate of drug-likeness (QED) is 0.212. The Morgan fingerprint density at radius 2 is 1.35 bits per heavy atom. The van der Waals surface area contributed by atoms with Gasteiger partial charge in [0.05, 0.1) is 16.8 Å². The molecule has 5 heteroatoms. The van der Waals surface area contributed by atoms with Gasteiger partial charge in [0.25, 0.3) is 0 Å². The number of nitrogens with one attached hydrogen (secondary N) is 2. The summed E-state index contributed by atoms with van der Waals surface area (Å²) in [5.41, 5.74) is 10.7. The molecule has 0 aliphatic carbocycles. The van der Waals surface area contributed by atoms with Gasteiger partial charge in [-0.1, -0.05) is 84.9 Å². The molecule has 8 aromatic rings. The Hall–Kier alpha value is -5.81. The smallest absolute Gasteiger partial charge is 0.147 e. The lowest BCUT2D eigenvalue weighted by molar-refractivity contribution is 0.663. The Kier molecular flexibility index (Phi) is 5.05. The van der Waals surface area contributed by atoms with Gasteiger partial charge in [0.15, 0.2) is 0 Å². The summed E-state index contributed by atoms with van der Waals surface area (Å²) in [7, 11) is 0. The lowest BCUT2D eigenvalue weighted by Crippen LogP contribution is -2.23. The zero-order valence-corrected chi connectivity index (χ0v) is 23.0. The first-order valence-corrected chi connectivity index (χ1v) is 14.4. The van der Waals surface area contributed by atoms with Crippen LogP contribution in [0, 0.1) is 5.41 Å².